The lowest BCUT2D eigenvalue weighted by atomic mass is 9.92. The quantitative estimate of drug-likeness (QED) is 0.528. The van der Waals surface area contributed by atoms with Crippen molar-refractivity contribution in [2.24, 2.45) is 11.8 Å². The number of sulfonamides is 1. The van der Waals surface area contributed by atoms with E-state index in [0.717, 1.165) is 6.42 Å². The zero-order chi connectivity index (χ0) is 22.3. The number of piperidine rings is 1. The molecule has 1 aromatic heterocycles. The summed E-state index contributed by atoms with van der Waals surface area (Å²) in [5.74, 6) is -1.02. The summed E-state index contributed by atoms with van der Waals surface area (Å²) in [5.41, 5.74) is 0.675. The minimum absolute atomic E-state index is 0.0317. The van der Waals surface area contributed by atoms with E-state index < -0.39 is 28.0 Å². The highest BCUT2D eigenvalue weighted by atomic mass is 32.2. The van der Waals surface area contributed by atoms with Crippen molar-refractivity contribution in [1.29, 1.82) is 5.26 Å². The number of hydrogen-bond donors (Lipinski definition) is 3. The van der Waals surface area contributed by atoms with Gasteiger partial charge in [-0.3, -0.25) is 14.6 Å². The number of nitriles is 1. The summed E-state index contributed by atoms with van der Waals surface area (Å²) in [6, 6.07) is 3.08. The van der Waals surface area contributed by atoms with Crippen LogP contribution in [0.3, 0.4) is 0 Å². The first-order valence-electron chi connectivity index (χ1n) is 10.0. The van der Waals surface area contributed by atoms with Gasteiger partial charge in [-0.05, 0) is 50.7 Å². The molecule has 0 aromatic carbocycles. The van der Waals surface area contributed by atoms with Crippen molar-refractivity contribution in [3.63, 3.8) is 0 Å². The highest BCUT2D eigenvalue weighted by Gasteiger charge is 2.30. The molecule has 2 heterocycles. The molecule has 30 heavy (non-hydrogen) atoms. The number of nitrogens with one attached hydrogen (secondary N) is 3. The van der Waals surface area contributed by atoms with Crippen molar-refractivity contribution in [2.75, 3.05) is 6.54 Å². The fourth-order valence-corrected chi connectivity index (χ4v) is 4.46. The van der Waals surface area contributed by atoms with E-state index >= 15 is 0 Å². The van der Waals surface area contributed by atoms with Crippen LogP contribution < -0.4 is 15.4 Å². The van der Waals surface area contributed by atoms with E-state index in [4.69, 9.17) is 0 Å². The van der Waals surface area contributed by atoms with Crippen LogP contribution in [0.5, 0.6) is 0 Å². The van der Waals surface area contributed by atoms with Gasteiger partial charge in [-0.15, -0.1) is 0 Å². The number of hydrogen-bond acceptors (Lipinski definition) is 6. The molecule has 1 saturated heterocycles. The van der Waals surface area contributed by atoms with Crippen LogP contribution in [-0.4, -0.2) is 43.8 Å². The molecular weight excluding hydrogens is 406 g/mol. The SMILES string of the molecule is Cc1ccc(S(=O)(=O)N[C@@H](CC(C)C)C(=O)N[C@H](C#N)C[C@@H]2CCCNC2=O)cn1. The average Bonchev–Trinajstić information content (AvgIpc) is 2.68. The minimum Gasteiger partial charge on any atom is -0.356 e. The van der Waals surface area contributed by atoms with E-state index in [0.29, 0.717) is 18.7 Å². The Bertz CT molecular complexity index is 893. The van der Waals surface area contributed by atoms with Gasteiger partial charge in [0, 0.05) is 24.4 Å². The first-order chi connectivity index (χ1) is 14.1. The third kappa shape index (κ3) is 6.78. The van der Waals surface area contributed by atoms with Crippen LogP contribution in [0, 0.1) is 30.1 Å². The predicted molar refractivity (Wildman–Crippen MR) is 110 cm³/mol. The zero-order valence-electron chi connectivity index (χ0n) is 17.5. The number of carbonyl (C=O) groups is 2. The Balaban J connectivity index is 2.10. The van der Waals surface area contributed by atoms with E-state index in [1.165, 1.54) is 12.3 Å². The van der Waals surface area contributed by atoms with Crippen LogP contribution in [0.15, 0.2) is 23.2 Å². The molecule has 0 saturated carbocycles. The van der Waals surface area contributed by atoms with E-state index in [1.54, 1.807) is 13.0 Å². The van der Waals surface area contributed by atoms with Crippen molar-refractivity contribution in [1.82, 2.24) is 20.3 Å². The molecule has 0 spiro atoms. The lowest BCUT2D eigenvalue weighted by Crippen LogP contribution is -2.50. The molecule has 164 valence electrons. The first-order valence-corrected chi connectivity index (χ1v) is 11.5. The van der Waals surface area contributed by atoms with Crippen LogP contribution in [0.4, 0.5) is 0 Å². The molecule has 0 unspecified atom stereocenters. The van der Waals surface area contributed by atoms with Crippen molar-refractivity contribution in [3.8, 4) is 6.07 Å². The van der Waals surface area contributed by atoms with Gasteiger partial charge in [-0.2, -0.15) is 9.98 Å². The van der Waals surface area contributed by atoms with Crippen LogP contribution >= 0.6 is 0 Å². The number of aryl methyl sites for hydroxylation is 1. The number of amides is 2. The number of rotatable bonds is 9. The Hall–Kier alpha value is -2.51. The minimum atomic E-state index is -3.97. The summed E-state index contributed by atoms with van der Waals surface area (Å²) >= 11 is 0. The molecule has 1 aliphatic heterocycles. The molecule has 2 amide bonds. The number of aromatic nitrogens is 1. The molecule has 3 atom stereocenters. The van der Waals surface area contributed by atoms with Gasteiger partial charge < -0.3 is 10.6 Å². The predicted octanol–water partition coefficient (Wildman–Crippen LogP) is 1.01. The molecule has 3 N–H and O–H groups in total. The lowest BCUT2D eigenvalue weighted by molar-refractivity contribution is -0.128. The Labute approximate surface area is 177 Å². The molecule has 10 heteroatoms. The van der Waals surface area contributed by atoms with Gasteiger partial charge in [0.2, 0.25) is 21.8 Å². The summed E-state index contributed by atoms with van der Waals surface area (Å²) in [7, 11) is -3.97. The maximum atomic E-state index is 12.8. The third-order valence-corrected chi connectivity index (χ3v) is 6.36. The largest absolute Gasteiger partial charge is 0.356 e. The van der Waals surface area contributed by atoms with Crippen LogP contribution in [0.1, 0.15) is 45.2 Å². The van der Waals surface area contributed by atoms with Gasteiger partial charge in [0.05, 0.1) is 6.07 Å². The summed E-state index contributed by atoms with van der Waals surface area (Å²) in [6.07, 6.45) is 3.16. The Morgan fingerprint density at radius 3 is 2.70 bits per heavy atom. The second-order valence-electron chi connectivity index (χ2n) is 7.99. The van der Waals surface area contributed by atoms with Gasteiger partial charge >= 0.3 is 0 Å². The second-order valence-corrected chi connectivity index (χ2v) is 9.71. The molecule has 1 aliphatic rings. The monoisotopic (exact) mass is 435 g/mol. The topological polar surface area (TPSA) is 141 Å². The Morgan fingerprint density at radius 2 is 2.13 bits per heavy atom. The van der Waals surface area contributed by atoms with Crippen LogP contribution in [0.25, 0.3) is 0 Å². The summed E-state index contributed by atoms with van der Waals surface area (Å²) < 4.78 is 27.8. The summed E-state index contributed by atoms with van der Waals surface area (Å²) in [5, 5.41) is 14.8. The van der Waals surface area contributed by atoms with Crippen LogP contribution in [-0.2, 0) is 19.6 Å². The molecule has 9 nitrogen and oxygen atoms in total. The number of pyridine rings is 1. The van der Waals surface area contributed by atoms with Crippen LogP contribution in [0.2, 0.25) is 0 Å². The van der Waals surface area contributed by atoms with E-state index in [2.05, 4.69) is 20.3 Å². The van der Waals surface area contributed by atoms with E-state index in [1.807, 2.05) is 19.9 Å². The highest BCUT2D eigenvalue weighted by molar-refractivity contribution is 7.89. The Kier molecular flexibility index (Phi) is 8.32. The fourth-order valence-electron chi connectivity index (χ4n) is 3.31. The molecule has 2 rings (SSSR count). The third-order valence-electron chi connectivity index (χ3n) is 4.91. The van der Waals surface area contributed by atoms with Crippen molar-refractivity contribution >= 4 is 21.8 Å². The number of carbonyl (C=O) groups excluding carboxylic acids is 2. The van der Waals surface area contributed by atoms with Gasteiger partial charge in [0.15, 0.2) is 0 Å². The average molecular weight is 436 g/mol. The summed E-state index contributed by atoms with van der Waals surface area (Å²) in [6.45, 7) is 6.10. The maximum absolute atomic E-state index is 12.8. The lowest BCUT2D eigenvalue weighted by Gasteiger charge is -2.25. The Morgan fingerprint density at radius 1 is 1.40 bits per heavy atom. The normalized spacial score (nSPS) is 18.9. The van der Waals surface area contributed by atoms with Gasteiger partial charge in [-0.1, -0.05) is 13.8 Å². The maximum Gasteiger partial charge on any atom is 0.242 e. The van der Waals surface area contributed by atoms with Gasteiger partial charge in [-0.25, -0.2) is 8.42 Å². The highest BCUT2D eigenvalue weighted by Crippen LogP contribution is 2.18. The molecule has 0 bridgehead atoms. The van der Waals surface area contributed by atoms with Gasteiger partial charge in [0.25, 0.3) is 0 Å². The van der Waals surface area contributed by atoms with E-state index in [9.17, 15) is 23.3 Å². The van der Waals surface area contributed by atoms with Crippen molar-refractivity contribution in [3.05, 3.63) is 24.0 Å². The molecule has 0 aliphatic carbocycles. The van der Waals surface area contributed by atoms with Gasteiger partial charge in [0.1, 0.15) is 17.0 Å². The summed E-state index contributed by atoms with van der Waals surface area (Å²) in [4.78, 5) is 28.7. The second kappa shape index (κ2) is 10.5. The number of nitrogens with zero attached hydrogens (tertiary/aromatic N) is 2. The molecular formula is C20H29N5O4S. The molecule has 0 radical (unpaired) electrons. The molecule has 1 aromatic rings. The molecule has 1 fully saturated rings. The standard InChI is InChI=1S/C20H29N5O4S/c1-13(2)9-18(25-30(28,29)17-7-6-14(3)23-12-17)20(27)24-16(11-21)10-15-5-4-8-22-19(15)26/h6-7,12-13,15-16,18,25H,4-5,8-10H2,1-3H3,(H,22,26)(H,24,27)/t15-,16-,18-/m0/s1. The van der Waals surface area contributed by atoms with Crippen molar-refractivity contribution in [2.45, 2.75) is 63.4 Å². The smallest absolute Gasteiger partial charge is 0.242 e. The fraction of sp³-hybridized carbons (Fsp3) is 0.600. The van der Waals surface area contributed by atoms with Crippen molar-refractivity contribution < 1.29 is 18.0 Å². The first kappa shape index (κ1) is 23.8. The zero-order valence-corrected chi connectivity index (χ0v) is 18.3. The van der Waals surface area contributed by atoms with E-state index in [-0.39, 0.29) is 35.5 Å².